The molecular formula is C35H25N. The molecule has 6 aromatic carbocycles. The second-order valence-corrected chi connectivity index (χ2v) is 9.43. The van der Waals surface area contributed by atoms with E-state index in [0.29, 0.717) is 0 Å². The Kier molecular flexibility index (Phi) is 4.92. The summed E-state index contributed by atoms with van der Waals surface area (Å²) < 4.78 is 0. The highest BCUT2D eigenvalue weighted by Crippen LogP contribution is 2.41. The van der Waals surface area contributed by atoms with Crippen LogP contribution in [-0.2, 0) is 0 Å². The quantitative estimate of drug-likeness (QED) is 0.252. The van der Waals surface area contributed by atoms with Crippen molar-refractivity contribution < 1.29 is 0 Å². The van der Waals surface area contributed by atoms with Crippen LogP contribution in [0.2, 0.25) is 0 Å². The Morgan fingerprint density at radius 3 is 2.03 bits per heavy atom. The minimum Gasteiger partial charge on any atom is -0.355 e. The predicted molar refractivity (Wildman–Crippen MR) is 153 cm³/mol. The highest BCUT2D eigenvalue weighted by Gasteiger charge is 2.23. The van der Waals surface area contributed by atoms with Crippen LogP contribution in [0, 0.1) is 0 Å². The largest absolute Gasteiger partial charge is 0.355 e. The van der Waals surface area contributed by atoms with Gasteiger partial charge in [0, 0.05) is 27.7 Å². The topological polar surface area (TPSA) is 15.8 Å². The van der Waals surface area contributed by atoms with E-state index >= 15 is 0 Å². The molecule has 0 aliphatic rings. The van der Waals surface area contributed by atoms with E-state index in [9.17, 15) is 0 Å². The zero-order valence-corrected chi connectivity index (χ0v) is 19.9. The smallest absolute Gasteiger partial charge is 0.0467 e. The van der Waals surface area contributed by atoms with Gasteiger partial charge < -0.3 is 4.98 Å². The summed E-state index contributed by atoms with van der Waals surface area (Å²) in [6, 6.07) is 50.5. The standard InChI is InChI=1S/C35H25N/c1-2-11-24(12-3-1)27-16-6-7-18-31(27)35(32-19-10-14-25-13-4-5-15-28(25)32)26-21-22-30-29-17-8-9-20-33(29)36-34(30)23-26/h1-23,35-36H. The van der Waals surface area contributed by atoms with Crippen molar-refractivity contribution in [1.29, 1.82) is 0 Å². The molecule has 0 bridgehead atoms. The maximum absolute atomic E-state index is 3.66. The fraction of sp³-hybridized carbons (Fsp3) is 0.0286. The fourth-order valence-electron chi connectivity index (χ4n) is 5.71. The van der Waals surface area contributed by atoms with Gasteiger partial charge >= 0.3 is 0 Å². The Balaban J connectivity index is 1.52. The molecule has 1 heteroatoms. The van der Waals surface area contributed by atoms with Gasteiger partial charge in [-0.3, -0.25) is 0 Å². The van der Waals surface area contributed by atoms with Crippen LogP contribution in [0.1, 0.15) is 22.6 Å². The first-order valence-electron chi connectivity index (χ1n) is 12.5. The summed E-state index contributed by atoms with van der Waals surface area (Å²) in [5.74, 6) is 0.0864. The summed E-state index contributed by atoms with van der Waals surface area (Å²) in [7, 11) is 0. The summed E-state index contributed by atoms with van der Waals surface area (Å²) in [6.45, 7) is 0. The van der Waals surface area contributed by atoms with E-state index in [1.807, 2.05) is 0 Å². The average molecular weight is 460 g/mol. The molecule has 0 amide bonds. The van der Waals surface area contributed by atoms with Gasteiger partial charge in [-0.05, 0) is 50.7 Å². The number of hydrogen-bond acceptors (Lipinski definition) is 0. The molecule has 0 radical (unpaired) electrons. The molecule has 36 heavy (non-hydrogen) atoms. The van der Waals surface area contributed by atoms with Gasteiger partial charge in [0.15, 0.2) is 0 Å². The highest BCUT2D eigenvalue weighted by molar-refractivity contribution is 6.07. The van der Waals surface area contributed by atoms with Crippen molar-refractivity contribution in [3.63, 3.8) is 0 Å². The lowest BCUT2D eigenvalue weighted by atomic mass is 9.79. The zero-order chi connectivity index (χ0) is 23.9. The Morgan fingerprint density at radius 2 is 1.11 bits per heavy atom. The second kappa shape index (κ2) is 8.55. The fourth-order valence-corrected chi connectivity index (χ4v) is 5.71. The van der Waals surface area contributed by atoms with Crippen LogP contribution in [0.3, 0.4) is 0 Å². The van der Waals surface area contributed by atoms with E-state index in [-0.39, 0.29) is 5.92 Å². The summed E-state index contributed by atoms with van der Waals surface area (Å²) >= 11 is 0. The molecule has 0 spiro atoms. The molecule has 1 atom stereocenters. The van der Waals surface area contributed by atoms with Gasteiger partial charge in [-0.2, -0.15) is 0 Å². The van der Waals surface area contributed by atoms with Crippen molar-refractivity contribution in [2.24, 2.45) is 0 Å². The molecule has 0 fully saturated rings. The normalized spacial score (nSPS) is 12.3. The van der Waals surface area contributed by atoms with Crippen molar-refractivity contribution in [2.75, 3.05) is 0 Å². The molecule has 1 nitrogen and oxygen atoms in total. The molecule has 1 N–H and O–H groups in total. The molecule has 170 valence electrons. The highest BCUT2D eigenvalue weighted by atomic mass is 14.7. The molecule has 0 aliphatic heterocycles. The second-order valence-electron chi connectivity index (χ2n) is 9.43. The number of benzene rings is 6. The minimum atomic E-state index is 0.0864. The molecule has 0 aliphatic carbocycles. The Bertz CT molecular complexity index is 1840. The van der Waals surface area contributed by atoms with Crippen molar-refractivity contribution in [1.82, 2.24) is 4.98 Å². The lowest BCUT2D eigenvalue weighted by Gasteiger charge is -2.24. The Hall–Kier alpha value is -4.62. The number of hydrogen-bond donors (Lipinski definition) is 1. The summed E-state index contributed by atoms with van der Waals surface area (Å²) in [5, 5.41) is 5.10. The Morgan fingerprint density at radius 1 is 0.444 bits per heavy atom. The molecule has 7 rings (SSSR count). The van der Waals surface area contributed by atoms with Crippen LogP contribution < -0.4 is 0 Å². The van der Waals surface area contributed by atoms with Crippen molar-refractivity contribution in [3.8, 4) is 11.1 Å². The lowest BCUT2D eigenvalue weighted by molar-refractivity contribution is 0.994. The van der Waals surface area contributed by atoms with Gasteiger partial charge in [0.2, 0.25) is 0 Å². The van der Waals surface area contributed by atoms with Crippen LogP contribution >= 0.6 is 0 Å². The molecule has 7 aromatic rings. The molecule has 0 saturated carbocycles. The van der Waals surface area contributed by atoms with E-state index in [0.717, 1.165) is 0 Å². The van der Waals surface area contributed by atoms with E-state index in [2.05, 4.69) is 145 Å². The van der Waals surface area contributed by atoms with E-state index in [4.69, 9.17) is 0 Å². The third kappa shape index (κ3) is 3.40. The van der Waals surface area contributed by atoms with Crippen LogP contribution in [0.4, 0.5) is 0 Å². The van der Waals surface area contributed by atoms with Crippen LogP contribution in [0.15, 0.2) is 140 Å². The number of H-pyrrole nitrogens is 1. The van der Waals surface area contributed by atoms with Crippen molar-refractivity contribution in [3.05, 3.63) is 156 Å². The van der Waals surface area contributed by atoms with Crippen LogP contribution in [0.25, 0.3) is 43.7 Å². The van der Waals surface area contributed by atoms with Gasteiger partial charge in [-0.15, -0.1) is 0 Å². The SMILES string of the molecule is c1ccc(-c2ccccc2C(c2ccc3c(c2)[nH]c2ccccc23)c2cccc3ccccc23)cc1. The van der Waals surface area contributed by atoms with Gasteiger partial charge in [-0.25, -0.2) is 0 Å². The third-order valence-corrected chi connectivity index (χ3v) is 7.35. The number of aromatic nitrogens is 1. The van der Waals surface area contributed by atoms with Gasteiger partial charge in [0.25, 0.3) is 0 Å². The van der Waals surface area contributed by atoms with Crippen molar-refractivity contribution >= 4 is 32.6 Å². The third-order valence-electron chi connectivity index (χ3n) is 7.35. The molecule has 0 saturated heterocycles. The lowest BCUT2D eigenvalue weighted by Crippen LogP contribution is -2.06. The number of para-hydroxylation sites is 1. The number of fused-ring (bicyclic) bond motifs is 4. The number of nitrogens with one attached hydrogen (secondary N) is 1. The Labute approximate surface area is 210 Å². The molecule has 1 heterocycles. The monoisotopic (exact) mass is 459 g/mol. The van der Waals surface area contributed by atoms with E-state index in [1.165, 1.54) is 60.4 Å². The first kappa shape index (κ1) is 20.7. The van der Waals surface area contributed by atoms with Crippen LogP contribution in [0.5, 0.6) is 0 Å². The molecule has 1 unspecified atom stereocenters. The first-order valence-corrected chi connectivity index (χ1v) is 12.5. The van der Waals surface area contributed by atoms with Crippen molar-refractivity contribution in [2.45, 2.75) is 5.92 Å². The van der Waals surface area contributed by atoms with E-state index < -0.39 is 0 Å². The van der Waals surface area contributed by atoms with Gasteiger partial charge in [0.1, 0.15) is 0 Å². The summed E-state index contributed by atoms with van der Waals surface area (Å²) in [5.41, 5.74) is 8.79. The molecular weight excluding hydrogens is 434 g/mol. The summed E-state index contributed by atoms with van der Waals surface area (Å²) in [6.07, 6.45) is 0. The zero-order valence-electron chi connectivity index (χ0n) is 19.9. The molecule has 1 aromatic heterocycles. The van der Waals surface area contributed by atoms with E-state index in [1.54, 1.807) is 0 Å². The predicted octanol–water partition coefficient (Wildman–Crippen LogP) is 9.32. The van der Waals surface area contributed by atoms with Gasteiger partial charge in [0.05, 0.1) is 0 Å². The maximum atomic E-state index is 3.66. The minimum absolute atomic E-state index is 0.0864. The first-order chi connectivity index (χ1) is 17.9. The maximum Gasteiger partial charge on any atom is 0.0467 e. The number of aromatic amines is 1. The van der Waals surface area contributed by atoms with Gasteiger partial charge in [-0.1, -0.05) is 127 Å². The van der Waals surface area contributed by atoms with Crippen LogP contribution in [-0.4, -0.2) is 4.98 Å². The average Bonchev–Trinajstić information content (AvgIpc) is 3.32. The number of rotatable bonds is 4. The summed E-state index contributed by atoms with van der Waals surface area (Å²) in [4.78, 5) is 3.66.